The summed E-state index contributed by atoms with van der Waals surface area (Å²) < 4.78 is 0. The van der Waals surface area contributed by atoms with E-state index < -0.39 is 0 Å². The van der Waals surface area contributed by atoms with Crippen LogP contribution in [-0.4, -0.2) is 47.3 Å². The number of rotatable bonds is 2. The van der Waals surface area contributed by atoms with Crippen molar-refractivity contribution in [2.24, 2.45) is 0 Å². The van der Waals surface area contributed by atoms with Crippen LogP contribution in [0.1, 0.15) is 46.7 Å². The maximum absolute atomic E-state index is 12.9. The molecule has 1 spiro atoms. The molecule has 2 aliphatic rings. The fourth-order valence-electron chi connectivity index (χ4n) is 4.55. The third-order valence-electron chi connectivity index (χ3n) is 6.37. The highest BCUT2D eigenvalue weighted by Gasteiger charge is 2.50. The Labute approximate surface area is 165 Å². The second kappa shape index (κ2) is 7.12. The highest BCUT2D eigenvalue weighted by molar-refractivity contribution is 5.94. The molecule has 2 heterocycles. The Hall–Kier alpha value is -3.13. The van der Waals surface area contributed by atoms with Gasteiger partial charge in [-0.15, -0.1) is 0 Å². The largest absolute Gasteiger partial charge is 0.339 e. The van der Waals surface area contributed by atoms with Gasteiger partial charge in [0.1, 0.15) is 0 Å². The van der Waals surface area contributed by atoms with Crippen molar-refractivity contribution < 1.29 is 9.59 Å². The van der Waals surface area contributed by atoms with E-state index in [1.807, 2.05) is 47.2 Å². The molecule has 0 aromatic heterocycles. The van der Waals surface area contributed by atoms with E-state index in [1.54, 1.807) is 24.3 Å². The highest BCUT2D eigenvalue weighted by atomic mass is 16.2. The van der Waals surface area contributed by atoms with E-state index in [2.05, 4.69) is 6.07 Å². The van der Waals surface area contributed by atoms with Gasteiger partial charge in [0, 0.05) is 31.2 Å². The van der Waals surface area contributed by atoms with Gasteiger partial charge in [0.15, 0.2) is 0 Å². The third kappa shape index (κ3) is 3.05. The zero-order chi connectivity index (χ0) is 19.7. The first-order valence-electron chi connectivity index (χ1n) is 9.66. The summed E-state index contributed by atoms with van der Waals surface area (Å²) in [7, 11) is 1.91. The number of hydrogen-bond acceptors (Lipinski definition) is 3. The molecule has 2 aromatic rings. The lowest BCUT2D eigenvalue weighted by molar-refractivity contribution is -0.131. The number of amides is 2. The standard InChI is InChI=1S/C23H23N3O2/c1-25-22(28)20(18-5-3-2-4-6-18)15-23(25)11-13-26(14-12-23)21(27)19-9-7-17(16-24)8-10-19/h2-10,20H,11-15H2,1H3/t20-/m0/s1. The summed E-state index contributed by atoms with van der Waals surface area (Å²) in [5.41, 5.74) is 2.06. The van der Waals surface area contributed by atoms with Gasteiger partial charge in [-0.1, -0.05) is 30.3 Å². The second-order valence-corrected chi connectivity index (χ2v) is 7.77. The number of nitriles is 1. The topological polar surface area (TPSA) is 64.4 Å². The third-order valence-corrected chi connectivity index (χ3v) is 6.37. The van der Waals surface area contributed by atoms with Crippen LogP contribution < -0.4 is 0 Å². The zero-order valence-electron chi connectivity index (χ0n) is 16.0. The maximum Gasteiger partial charge on any atom is 0.253 e. The van der Waals surface area contributed by atoms with Crippen molar-refractivity contribution in [2.45, 2.75) is 30.7 Å². The van der Waals surface area contributed by atoms with Gasteiger partial charge < -0.3 is 9.80 Å². The average Bonchev–Trinajstić information content (AvgIpc) is 3.00. The Morgan fingerprint density at radius 2 is 1.71 bits per heavy atom. The van der Waals surface area contributed by atoms with Gasteiger partial charge >= 0.3 is 0 Å². The van der Waals surface area contributed by atoms with Gasteiger partial charge in [-0.05, 0) is 49.1 Å². The molecule has 0 unspecified atom stereocenters. The molecule has 2 aliphatic heterocycles. The Balaban J connectivity index is 1.46. The van der Waals surface area contributed by atoms with Crippen LogP contribution in [0.2, 0.25) is 0 Å². The molecule has 0 aliphatic carbocycles. The molecule has 0 bridgehead atoms. The summed E-state index contributed by atoms with van der Waals surface area (Å²) in [6.45, 7) is 1.27. The molecular formula is C23H23N3O2. The number of hydrogen-bond donors (Lipinski definition) is 0. The van der Waals surface area contributed by atoms with E-state index in [1.165, 1.54) is 0 Å². The SMILES string of the molecule is CN1C(=O)[C@H](c2ccccc2)CC12CCN(C(=O)c1ccc(C#N)cc1)CC2. The number of benzene rings is 2. The lowest BCUT2D eigenvalue weighted by Gasteiger charge is -2.43. The summed E-state index contributed by atoms with van der Waals surface area (Å²) in [6.07, 6.45) is 2.40. The molecule has 5 heteroatoms. The molecule has 2 aromatic carbocycles. The van der Waals surface area contributed by atoms with Crippen molar-refractivity contribution in [2.75, 3.05) is 20.1 Å². The molecule has 0 N–H and O–H groups in total. The minimum atomic E-state index is -0.168. The van der Waals surface area contributed by atoms with Gasteiger partial charge in [0.05, 0.1) is 17.6 Å². The molecule has 0 saturated carbocycles. The minimum absolute atomic E-state index is 0.00840. The van der Waals surface area contributed by atoms with Crippen LogP contribution in [0.4, 0.5) is 0 Å². The van der Waals surface area contributed by atoms with Crippen LogP contribution in [0.5, 0.6) is 0 Å². The van der Waals surface area contributed by atoms with E-state index in [4.69, 9.17) is 5.26 Å². The van der Waals surface area contributed by atoms with Crippen molar-refractivity contribution in [3.8, 4) is 6.07 Å². The summed E-state index contributed by atoms with van der Waals surface area (Å²) in [5.74, 6) is 0.0796. The smallest absolute Gasteiger partial charge is 0.253 e. The molecule has 2 saturated heterocycles. The summed E-state index contributed by atoms with van der Waals surface area (Å²) in [5, 5.41) is 8.91. The van der Waals surface area contributed by atoms with Crippen molar-refractivity contribution in [1.82, 2.24) is 9.80 Å². The fraction of sp³-hybridized carbons (Fsp3) is 0.348. The summed E-state index contributed by atoms with van der Waals surface area (Å²) in [4.78, 5) is 29.5. The first-order valence-corrected chi connectivity index (χ1v) is 9.66. The van der Waals surface area contributed by atoms with Crippen molar-refractivity contribution in [3.05, 3.63) is 71.3 Å². The number of carbonyl (C=O) groups excluding carboxylic acids is 2. The molecule has 2 fully saturated rings. The Bertz CT molecular complexity index is 923. The summed E-state index contributed by atoms with van der Waals surface area (Å²) in [6, 6.07) is 18.8. The predicted molar refractivity (Wildman–Crippen MR) is 106 cm³/mol. The molecule has 4 rings (SSSR count). The Kier molecular flexibility index (Phi) is 4.64. The monoisotopic (exact) mass is 373 g/mol. The van der Waals surface area contributed by atoms with Crippen molar-refractivity contribution in [1.29, 1.82) is 5.26 Å². The van der Waals surface area contributed by atoms with Crippen LogP contribution in [0.25, 0.3) is 0 Å². The molecule has 1 atom stereocenters. The van der Waals surface area contributed by atoms with E-state index in [0.29, 0.717) is 24.2 Å². The molecule has 28 heavy (non-hydrogen) atoms. The zero-order valence-corrected chi connectivity index (χ0v) is 16.0. The van der Waals surface area contributed by atoms with Crippen LogP contribution in [-0.2, 0) is 4.79 Å². The second-order valence-electron chi connectivity index (χ2n) is 7.77. The molecule has 0 radical (unpaired) electrons. The molecule has 142 valence electrons. The minimum Gasteiger partial charge on any atom is -0.339 e. The normalized spacial score (nSPS) is 21.0. The van der Waals surface area contributed by atoms with Crippen LogP contribution in [0.3, 0.4) is 0 Å². The summed E-state index contributed by atoms with van der Waals surface area (Å²) >= 11 is 0. The van der Waals surface area contributed by atoms with Crippen LogP contribution in [0.15, 0.2) is 54.6 Å². The van der Waals surface area contributed by atoms with Gasteiger partial charge in [0.2, 0.25) is 5.91 Å². The number of nitrogens with zero attached hydrogens (tertiary/aromatic N) is 3. The Morgan fingerprint density at radius 3 is 2.32 bits per heavy atom. The maximum atomic E-state index is 12.9. The van der Waals surface area contributed by atoms with Gasteiger partial charge in [-0.25, -0.2) is 0 Å². The number of likely N-dealkylation sites (tertiary alicyclic amines) is 2. The van der Waals surface area contributed by atoms with E-state index in [-0.39, 0.29) is 23.3 Å². The average molecular weight is 373 g/mol. The van der Waals surface area contributed by atoms with Crippen molar-refractivity contribution in [3.63, 3.8) is 0 Å². The fourth-order valence-corrected chi connectivity index (χ4v) is 4.55. The van der Waals surface area contributed by atoms with Gasteiger partial charge in [-0.3, -0.25) is 9.59 Å². The molecular weight excluding hydrogens is 350 g/mol. The number of likely N-dealkylation sites (N-methyl/N-ethyl adjacent to an activating group) is 1. The quantitative estimate of drug-likeness (QED) is 0.812. The van der Waals surface area contributed by atoms with Crippen molar-refractivity contribution >= 4 is 11.8 Å². The van der Waals surface area contributed by atoms with E-state index >= 15 is 0 Å². The lowest BCUT2D eigenvalue weighted by Crippen LogP contribution is -2.52. The molecule has 5 nitrogen and oxygen atoms in total. The van der Waals surface area contributed by atoms with Gasteiger partial charge in [-0.2, -0.15) is 5.26 Å². The first kappa shape index (κ1) is 18.2. The first-order chi connectivity index (χ1) is 13.5. The van der Waals surface area contributed by atoms with E-state index in [0.717, 1.165) is 24.8 Å². The number of piperidine rings is 1. The lowest BCUT2D eigenvalue weighted by atomic mass is 9.81. The predicted octanol–water partition coefficient (Wildman–Crippen LogP) is 3.18. The Morgan fingerprint density at radius 1 is 1.07 bits per heavy atom. The highest BCUT2D eigenvalue weighted by Crippen LogP contribution is 2.44. The number of carbonyl (C=O) groups is 2. The van der Waals surface area contributed by atoms with Crippen LogP contribution >= 0.6 is 0 Å². The van der Waals surface area contributed by atoms with Crippen LogP contribution in [0, 0.1) is 11.3 Å². The molecule has 2 amide bonds. The van der Waals surface area contributed by atoms with E-state index in [9.17, 15) is 9.59 Å². The van der Waals surface area contributed by atoms with Gasteiger partial charge in [0.25, 0.3) is 5.91 Å².